The summed E-state index contributed by atoms with van der Waals surface area (Å²) in [5.74, 6) is 2.74. The number of para-hydroxylation sites is 1. The highest BCUT2D eigenvalue weighted by molar-refractivity contribution is 7.99. The lowest BCUT2D eigenvalue weighted by Gasteiger charge is -2.36. The van der Waals surface area contributed by atoms with Gasteiger partial charge in [0.05, 0.1) is 6.04 Å². The maximum atomic E-state index is 13.0. The molecule has 1 saturated heterocycles. The highest BCUT2D eigenvalue weighted by Crippen LogP contribution is 2.46. The van der Waals surface area contributed by atoms with Crippen molar-refractivity contribution in [3.63, 3.8) is 0 Å². The van der Waals surface area contributed by atoms with Gasteiger partial charge in [-0.1, -0.05) is 49.2 Å². The van der Waals surface area contributed by atoms with Crippen molar-refractivity contribution in [1.29, 1.82) is 0 Å². The van der Waals surface area contributed by atoms with Crippen LogP contribution >= 0.6 is 11.8 Å². The van der Waals surface area contributed by atoms with Crippen molar-refractivity contribution >= 4 is 23.4 Å². The van der Waals surface area contributed by atoms with E-state index in [0.29, 0.717) is 12.3 Å². The van der Waals surface area contributed by atoms with E-state index in [0.717, 1.165) is 45.1 Å². The molecule has 0 bridgehead atoms. The van der Waals surface area contributed by atoms with Crippen molar-refractivity contribution in [1.82, 2.24) is 10.2 Å². The van der Waals surface area contributed by atoms with E-state index in [1.807, 2.05) is 11.8 Å². The van der Waals surface area contributed by atoms with Crippen LogP contribution in [0.25, 0.3) is 0 Å². The molecule has 1 aliphatic carbocycles. The normalized spacial score (nSPS) is 25.6. The third-order valence-corrected chi connectivity index (χ3v) is 9.07. The Bertz CT molecular complexity index is 912. The molecule has 1 saturated carbocycles. The van der Waals surface area contributed by atoms with Gasteiger partial charge in [-0.05, 0) is 61.4 Å². The van der Waals surface area contributed by atoms with E-state index in [2.05, 4.69) is 69.7 Å². The van der Waals surface area contributed by atoms with Gasteiger partial charge >= 0.3 is 0 Å². The SMILES string of the molecule is O=C(CCCN1CCN(c2ccccc2)CC1)N[C@H]1c2ccccc2SC[C@@H]2CCCC[C@H]21. The minimum Gasteiger partial charge on any atom is -0.369 e. The molecule has 3 atom stereocenters. The second-order valence-corrected chi connectivity index (χ2v) is 10.9. The molecule has 2 aromatic carbocycles. The number of fused-ring (bicyclic) bond motifs is 2. The lowest BCUT2D eigenvalue weighted by Crippen LogP contribution is -2.46. The van der Waals surface area contributed by atoms with Crippen LogP contribution in [0.2, 0.25) is 0 Å². The van der Waals surface area contributed by atoms with Crippen LogP contribution < -0.4 is 10.2 Å². The van der Waals surface area contributed by atoms with Gasteiger partial charge in [0.1, 0.15) is 0 Å². The number of nitrogens with zero attached hydrogens (tertiary/aromatic N) is 2. The average molecular weight is 464 g/mol. The summed E-state index contributed by atoms with van der Waals surface area (Å²) in [6.45, 7) is 5.30. The van der Waals surface area contributed by atoms with E-state index in [4.69, 9.17) is 0 Å². The fraction of sp³-hybridized carbons (Fsp3) is 0.536. The highest BCUT2D eigenvalue weighted by Gasteiger charge is 2.37. The fourth-order valence-corrected chi connectivity index (χ4v) is 7.28. The number of carbonyl (C=O) groups is 1. The van der Waals surface area contributed by atoms with E-state index in [1.165, 1.54) is 47.6 Å². The zero-order chi connectivity index (χ0) is 22.5. The first-order chi connectivity index (χ1) is 16.3. The summed E-state index contributed by atoms with van der Waals surface area (Å²) < 4.78 is 0. The Balaban J connectivity index is 1.12. The Morgan fingerprint density at radius 1 is 0.939 bits per heavy atom. The molecule has 1 N–H and O–H groups in total. The first kappa shape index (κ1) is 22.8. The molecule has 0 radical (unpaired) electrons. The summed E-state index contributed by atoms with van der Waals surface area (Å²) in [5.41, 5.74) is 2.67. The summed E-state index contributed by atoms with van der Waals surface area (Å²) in [4.78, 5) is 19.4. The third-order valence-electron chi connectivity index (χ3n) is 7.79. The number of rotatable bonds is 6. The summed E-state index contributed by atoms with van der Waals surface area (Å²) in [5, 5.41) is 3.50. The summed E-state index contributed by atoms with van der Waals surface area (Å²) in [7, 11) is 0. The number of amides is 1. The molecule has 3 aliphatic rings. The van der Waals surface area contributed by atoms with Gasteiger partial charge in [-0.15, -0.1) is 11.8 Å². The molecule has 1 amide bonds. The highest BCUT2D eigenvalue weighted by atomic mass is 32.2. The van der Waals surface area contributed by atoms with Gasteiger partial charge in [-0.25, -0.2) is 0 Å². The Labute approximate surface area is 203 Å². The van der Waals surface area contributed by atoms with Crippen LogP contribution in [0, 0.1) is 11.8 Å². The van der Waals surface area contributed by atoms with E-state index < -0.39 is 0 Å². The number of piperazine rings is 1. The third kappa shape index (κ3) is 5.58. The van der Waals surface area contributed by atoms with Crippen LogP contribution in [-0.2, 0) is 4.79 Å². The number of hydrogen-bond acceptors (Lipinski definition) is 4. The standard InChI is InChI=1S/C28H37N3OS/c32-27(15-8-16-30-17-19-31(20-18-30)23-10-2-1-3-11-23)29-28-24-12-5-4-9-22(24)21-33-26-14-7-6-13-25(26)28/h1-3,6-7,10-11,13-14,22,24,28H,4-5,8-9,12,15-21H2,(H,29,32)/t22-,24+,28+/m0/s1. The van der Waals surface area contributed by atoms with Gasteiger partial charge in [0, 0.05) is 48.9 Å². The maximum Gasteiger partial charge on any atom is 0.220 e. The molecule has 176 valence electrons. The average Bonchev–Trinajstić information content (AvgIpc) is 3.02. The monoisotopic (exact) mass is 463 g/mol. The van der Waals surface area contributed by atoms with Crippen LogP contribution in [0.15, 0.2) is 59.5 Å². The van der Waals surface area contributed by atoms with Crippen LogP contribution in [0.1, 0.15) is 50.1 Å². The lowest BCUT2D eigenvalue weighted by molar-refractivity contribution is -0.122. The number of thioether (sulfide) groups is 1. The lowest BCUT2D eigenvalue weighted by atomic mass is 9.74. The molecular formula is C28H37N3OS. The van der Waals surface area contributed by atoms with Crippen LogP contribution in [0.5, 0.6) is 0 Å². The molecule has 2 aliphatic heterocycles. The Kier molecular flexibility index (Phi) is 7.57. The molecule has 2 fully saturated rings. The summed E-state index contributed by atoms with van der Waals surface area (Å²) in [6.07, 6.45) is 6.77. The van der Waals surface area contributed by atoms with Gasteiger partial charge in [0.25, 0.3) is 0 Å². The van der Waals surface area contributed by atoms with Gasteiger partial charge in [0.15, 0.2) is 0 Å². The number of benzene rings is 2. The zero-order valence-electron chi connectivity index (χ0n) is 19.6. The van der Waals surface area contributed by atoms with Crippen molar-refractivity contribution < 1.29 is 4.79 Å². The molecule has 33 heavy (non-hydrogen) atoms. The predicted molar refractivity (Wildman–Crippen MR) is 138 cm³/mol. The Hall–Kier alpha value is -1.98. The second-order valence-electron chi connectivity index (χ2n) is 9.87. The van der Waals surface area contributed by atoms with Gasteiger partial charge < -0.3 is 10.2 Å². The quantitative estimate of drug-likeness (QED) is 0.626. The summed E-state index contributed by atoms with van der Waals surface area (Å²) >= 11 is 2.00. The molecule has 5 rings (SSSR count). The molecule has 5 heteroatoms. The first-order valence-electron chi connectivity index (χ1n) is 12.8. The van der Waals surface area contributed by atoms with Crippen molar-refractivity contribution in [2.75, 3.05) is 43.4 Å². The zero-order valence-corrected chi connectivity index (χ0v) is 20.4. The molecule has 0 spiro atoms. The maximum absolute atomic E-state index is 13.0. The van der Waals surface area contributed by atoms with Crippen LogP contribution in [0.3, 0.4) is 0 Å². The van der Waals surface area contributed by atoms with Crippen molar-refractivity contribution in [2.24, 2.45) is 11.8 Å². The Morgan fingerprint density at radius 2 is 1.70 bits per heavy atom. The molecule has 2 aromatic rings. The topological polar surface area (TPSA) is 35.6 Å². The molecular weight excluding hydrogens is 426 g/mol. The smallest absolute Gasteiger partial charge is 0.220 e. The minimum absolute atomic E-state index is 0.184. The van der Waals surface area contributed by atoms with E-state index in [1.54, 1.807) is 0 Å². The molecule has 0 unspecified atom stereocenters. The number of carbonyl (C=O) groups excluding carboxylic acids is 1. The molecule has 2 heterocycles. The van der Waals surface area contributed by atoms with Crippen molar-refractivity contribution in [3.8, 4) is 0 Å². The van der Waals surface area contributed by atoms with E-state index >= 15 is 0 Å². The fourth-order valence-electron chi connectivity index (χ4n) is 5.94. The second kappa shape index (κ2) is 11.0. The van der Waals surface area contributed by atoms with Gasteiger partial charge in [0.2, 0.25) is 5.91 Å². The van der Waals surface area contributed by atoms with Crippen molar-refractivity contribution in [3.05, 3.63) is 60.2 Å². The van der Waals surface area contributed by atoms with E-state index in [9.17, 15) is 4.79 Å². The summed E-state index contributed by atoms with van der Waals surface area (Å²) in [6, 6.07) is 19.6. The van der Waals surface area contributed by atoms with Crippen LogP contribution in [-0.4, -0.2) is 49.3 Å². The molecule has 4 nitrogen and oxygen atoms in total. The number of hydrogen-bond donors (Lipinski definition) is 1. The minimum atomic E-state index is 0.184. The van der Waals surface area contributed by atoms with E-state index in [-0.39, 0.29) is 11.9 Å². The number of anilines is 1. The van der Waals surface area contributed by atoms with Gasteiger partial charge in [-0.2, -0.15) is 0 Å². The predicted octanol–water partition coefficient (Wildman–Crippen LogP) is 5.36. The largest absolute Gasteiger partial charge is 0.369 e. The van der Waals surface area contributed by atoms with Gasteiger partial charge in [-0.3, -0.25) is 9.69 Å². The van der Waals surface area contributed by atoms with Crippen LogP contribution in [0.4, 0.5) is 5.69 Å². The number of nitrogens with one attached hydrogen (secondary N) is 1. The van der Waals surface area contributed by atoms with Crippen molar-refractivity contribution in [2.45, 2.75) is 49.5 Å². The molecule has 0 aromatic heterocycles. The first-order valence-corrected chi connectivity index (χ1v) is 13.8. The Morgan fingerprint density at radius 3 is 2.55 bits per heavy atom.